The number of carbonyl (C=O) groups is 1. The van der Waals surface area contributed by atoms with Gasteiger partial charge in [-0.3, -0.25) is 4.79 Å². The molecule has 0 saturated carbocycles. The molecular weight excluding hydrogens is 214 g/mol. The van der Waals surface area contributed by atoms with Crippen LogP contribution in [0, 0.1) is 23.5 Å². The first-order valence-corrected chi connectivity index (χ1v) is 4.48. The number of nitrogens with two attached hydrogens (primary N) is 1. The first-order chi connectivity index (χ1) is 7.56. The zero-order valence-electron chi connectivity index (χ0n) is 8.60. The van der Waals surface area contributed by atoms with E-state index in [9.17, 15) is 13.6 Å². The van der Waals surface area contributed by atoms with Gasteiger partial charge in [0.05, 0.1) is 17.8 Å². The highest BCUT2D eigenvalue weighted by Gasteiger charge is 2.13. The lowest BCUT2D eigenvalue weighted by Gasteiger charge is -2.06. The van der Waals surface area contributed by atoms with E-state index in [-0.39, 0.29) is 17.8 Å². The molecule has 0 aromatic heterocycles. The Bertz CT molecular complexity index is 475. The minimum absolute atomic E-state index is 0.00190. The number of benzene rings is 1. The Labute approximate surface area is 91.6 Å². The number of hydrogen-bond donors (Lipinski definition) is 2. The summed E-state index contributed by atoms with van der Waals surface area (Å²) in [5.74, 6) is 2.55. The quantitative estimate of drug-likeness (QED) is 0.764. The molecule has 0 bridgehead atoms. The summed E-state index contributed by atoms with van der Waals surface area (Å²) in [5.41, 5.74) is 4.58. The summed E-state index contributed by atoms with van der Waals surface area (Å²) >= 11 is 0. The van der Waals surface area contributed by atoms with E-state index in [1.807, 2.05) is 0 Å². The maximum Gasteiger partial charge on any atom is 0.251 e. The Kier molecular flexibility index (Phi) is 3.84. The Morgan fingerprint density at radius 2 is 2.12 bits per heavy atom. The molecule has 1 aromatic carbocycles. The molecule has 0 spiro atoms. The van der Waals surface area contributed by atoms with Crippen LogP contribution in [-0.2, 0) is 0 Å². The van der Waals surface area contributed by atoms with Crippen LogP contribution in [0.15, 0.2) is 12.1 Å². The third-order valence-corrected chi connectivity index (χ3v) is 1.87. The van der Waals surface area contributed by atoms with Crippen molar-refractivity contribution in [3.8, 4) is 11.8 Å². The standard InChI is InChI=1S/C11H10F2N2O/c1-2-3-4-15-10-5-7(11(14)16)8(12)6-9(10)13/h5-6,15H,4H2,1H3,(H2,14,16). The summed E-state index contributed by atoms with van der Waals surface area (Å²) in [6.45, 7) is 1.84. The number of carbonyl (C=O) groups excluding carboxylic acids is 1. The van der Waals surface area contributed by atoms with Gasteiger partial charge < -0.3 is 11.1 Å². The Morgan fingerprint density at radius 3 is 2.69 bits per heavy atom. The molecule has 1 aromatic rings. The van der Waals surface area contributed by atoms with E-state index in [1.165, 1.54) is 0 Å². The zero-order chi connectivity index (χ0) is 12.1. The van der Waals surface area contributed by atoms with Crippen molar-refractivity contribution in [2.45, 2.75) is 6.92 Å². The van der Waals surface area contributed by atoms with E-state index in [0.29, 0.717) is 6.07 Å². The number of amides is 1. The second kappa shape index (κ2) is 5.12. The van der Waals surface area contributed by atoms with Crippen molar-refractivity contribution in [2.24, 2.45) is 5.73 Å². The summed E-state index contributed by atoms with van der Waals surface area (Å²) < 4.78 is 26.3. The zero-order valence-corrected chi connectivity index (χ0v) is 8.60. The van der Waals surface area contributed by atoms with Gasteiger partial charge in [0, 0.05) is 6.07 Å². The summed E-state index contributed by atoms with van der Waals surface area (Å²) in [7, 11) is 0. The van der Waals surface area contributed by atoms with E-state index in [0.717, 1.165) is 6.07 Å². The van der Waals surface area contributed by atoms with Crippen molar-refractivity contribution in [1.29, 1.82) is 0 Å². The number of halogens is 2. The number of nitrogens with one attached hydrogen (secondary N) is 1. The molecule has 0 saturated heterocycles. The van der Waals surface area contributed by atoms with Crippen LogP contribution in [0.5, 0.6) is 0 Å². The molecule has 0 atom stereocenters. The fourth-order valence-electron chi connectivity index (χ4n) is 1.10. The summed E-state index contributed by atoms with van der Waals surface area (Å²) in [6, 6.07) is 1.64. The van der Waals surface area contributed by atoms with Crippen molar-refractivity contribution in [1.82, 2.24) is 0 Å². The van der Waals surface area contributed by atoms with Gasteiger partial charge in [-0.15, -0.1) is 5.92 Å². The fraction of sp³-hybridized carbons (Fsp3) is 0.182. The van der Waals surface area contributed by atoms with E-state index >= 15 is 0 Å². The first-order valence-electron chi connectivity index (χ1n) is 4.48. The van der Waals surface area contributed by atoms with E-state index in [1.54, 1.807) is 6.92 Å². The van der Waals surface area contributed by atoms with Crippen molar-refractivity contribution in [3.63, 3.8) is 0 Å². The molecule has 0 aliphatic rings. The van der Waals surface area contributed by atoms with Crippen LogP contribution in [0.1, 0.15) is 17.3 Å². The van der Waals surface area contributed by atoms with Crippen LogP contribution in [0.2, 0.25) is 0 Å². The molecule has 1 rings (SSSR count). The smallest absolute Gasteiger partial charge is 0.251 e. The van der Waals surface area contributed by atoms with Gasteiger partial charge in [-0.05, 0) is 13.0 Å². The molecule has 0 aliphatic carbocycles. The van der Waals surface area contributed by atoms with Gasteiger partial charge >= 0.3 is 0 Å². The molecule has 0 unspecified atom stereocenters. The predicted molar refractivity (Wildman–Crippen MR) is 56.8 cm³/mol. The monoisotopic (exact) mass is 224 g/mol. The highest BCUT2D eigenvalue weighted by Crippen LogP contribution is 2.18. The average Bonchev–Trinajstić information content (AvgIpc) is 2.21. The van der Waals surface area contributed by atoms with Crippen molar-refractivity contribution >= 4 is 11.6 Å². The van der Waals surface area contributed by atoms with E-state index in [2.05, 4.69) is 17.2 Å². The summed E-state index contributed by atoms with van der Waals surface area (Å²) in [4.78, 5) is 10.8. The summed E-state index contributed by atoms with van der Waals surface area (Å²) in [6.07, 6.45) is 0. The molecule has 0 fully saturated rings. The number of hydrogen-bond acceptors (Lipinski definition) is 2. The van der Waals surface area contributed by atoms with Crippen LogP contribution in [0.4, 0.5) is 14.5 Å². The normalized spacial score (nSPS) is 9.19. The van der Waals surface area contributed by atoms with Crippen LogP contribution < -0.4 is 11.1 Å². The van der Waals surface area contributed by atoms with Gasteiger partial charge in [0.15, 0.2) is 0 Å². The molecule has 1 amide bonds. The van der Waals surface area contributed by atoms with Gasteiger partial charge in [0.1, 0.15) is 11.6 Å². The summed E-state index contributed by atoms with van der Waals surface area (Å²) in [5, 5.41) is 2.61. The number of rotatable bonds is 3. The van der Waals surface area contributed by atoms with Crippen LogP contribution in [0.25, 0.3) is 0 Å². The van der Waals surface area contributed by atoms with Gasteiger partial charge in [-0.25, -0.2) is 8.78 Å². The second-order valence-corrected chi connectivity index (χ2v) is 2.96. The maximum atomic E-state index is 13.2. The van der Waals surface area contributed by atoms with Crippen LogP contribution in [0.3, 0.4) is 0 Å². The predicted octanol–water partition coefficient (Wildman–Crippen LogP) is 1.50. The first kappa shape index (κ1) is 12.0. The Morgan fingerprint density at radius 1 is 1.44 bits per heavy atom. The highest BCUT2D eigenvalue weighted by atomic mass is 19.1. The van der Waals surface area contributed by atoms with Crippen LogP contribution in [-0.4, -0.2) is 12.5 Å². The molecule has 5 heteroatoms. The van der Waals surface area contributed by atoms with E-state index in [4.69, 9.17) is 5.73 Å². The highest BCUT2D eigenvalue weighted by molar-refractivity contribution is 5.94. The van der Waals surface area contributed by atoms with Crippen LogP contribution >= 0.6 is 0 Å². The SMILES string of the molecule is CC#CCNc1cc(C(N)=O)c(F)cc1F. The number of anilines is 1. The fourth-order valence-corrected chi connectivity index (χ4v) is 1.10. The molecule has 3 N–H and O–H groups in total. The minimum atomic E-state index is -0.975. The lowest BCUT2D eigenvalue weighted by Crippen LogP contribution is -2.14. The topological polar surface area (TPSA) is 55.1 Å². The van der Waals surface area contributed by atoms with Crippen molar-refractivity contribution < 1.29 is 13.6 Å². The third-order valence-electron chi connectivity index (χ3n) is 1.87. The lowest BCUT2D eigenvalue weighted by atomic mass is 10.1. The average molecular weight is 224 g/mol. The van der Waals surface area contributed by atoms with Gasteiger partial charge in [-0.1, -0.05) is 5.92 Å². The van der Waals surface area contributed by atoms with Crippen molar-refractivity contribution in [2.75, 3.05) is 11.9 Å². The largest absolute Gasteiger partial charge is 0.372 e. The maximum absolute atomic E-state index is 13.2. The molecule has 3 nitrogen and oxygen atoms in total. The van der Waals surface area contributed by atoms with E-state index < -0.39 is 17.5 Å². The minimum Gasteiger partial charge on any atom is -0.372 e. The molecule has 0 aliphatic heterocycles. The Hall–Kier alpha value is -2.09. The van der Waals surface area contributed by atoms with Gasteiger partial charge in [0.25, 0.3) is 5.91 Å². The second-order valence-electron chi connectivity index (χ2n) is 2.96. The number of primary amides is 1. The molecule has 84 valence electrons. The molecule has 0 heterocycles. The molecular formula is C11H10F2N2O. The van der Waals surface area contributed by atoms with Gasteiger partial charge in [-0.2, -0.15) is 0 Å². The lowest BCUT2D eigenvalue weighted by molar-refractivity contribution is 0.0996. The molecule has 0 radical (unpaired) electrons. The third kappa shape index (κ3) is 2.70. The van der Waals surface area contributed by atoms with Crippen molar-refractivity contribution in [3.05, 3.63) is 29.3 Å². The Balaban J connectivity index is 3.03. The molecule has 16 heavy (non-hydrogen) atoms. The van der Waals surface area contributed by atoms with Gasteiger partial charge in [0.2, 0.25) is 0 Å².